The number of hydrogen-bond donors (Lipinski definition) is 3. The van der Waals surface area contributed by atoms with Crippen LogP contribution in [0.4, 0.5) is 5.69 Å². The molecule has 1 aromatic rings. The van der Waals surface area contributed by atoms with Gasteiger partial charge in [0, 0.05) is 18.8 Å². The van der Waals surface area contributed by atoms with Gasteiger partial charge >= 0.3 is 0 Å². The van der Waals surface area contributed by atoms with Crippen LogP contribution in [0.5, 0.6) is 0 Å². The average molecular weight is 286 g/mol. The summed E-state index contributed by atoms with van der Waals surface area (Å²) in [4.78, 5) is 0.251. The lowest BCUT2D eigenvalue weighted by molar-refractivity contribution is 0.254. The third-order valence-corrected chi connectivity index (χ3v) is 4.75. The van der Waals surface area contributed by atoms with E-state index in [1.54, 1.807) is 19.1 Å². The number of aryl methyl sites for hydroxylation is 1. The Morgan fingerprint density at radius 2 is 2.11 bits per heavy atom. The molecule has 0 spiro atoms. The van der Waals surface area contributed by atoms with Gasteiger partial charge in [0.2, 0.25) is 10.0 Å². The molecule has 0 saturated carbocycles. The summed E-state index contributed by atoms with van der Waals surface area (Å²) in [5.74, 6) is 0.147. The van der Waals surface area contributed by atoms with Crippen molar-refractivity contribution in [1.82, 2.24) is 4.72 Å². The first-order valence-electron chi connectivity index (χ1n) is 6.37. The number of aliphatic hydroxyl groups excluding tert-OH is 1. The van der Waals surface area contributed by atoms with Crippen LogP contribution in [0, 0.1) is 12.8 Å². The summed E-state index contributed by atoms with van der Waals surface area (Å²) < 4.78 is 26.9. The fourth-order valence-corrected chi connectivity index (χ4v) is 3.25. The molecule has 0 aliphatic heterocycles. The maximum atomic E-state index is 12.2. The molecule has 0 heterocycles. The second kappa shape index (κ2) is 6.88. The molecule has 5 nitrogen and oxygen atoms in total. The molecule has 0 aromatic heterocycles. The molecule has 0 aliphatic carbocycles. The van der Waals surface area contributed by atoms with Gasteiger partial charge in [-0.05, 0) is 43.0 Å². The predicted molar refractivity (Wildman–Crippen MR) is 76.3 cm³/mol. The maximum Gasteiger partial charge on any atom is 0.240 e. The predicted octanol–water partition coefficient (Wildman–Crippen LogP) is 1.26. The summed E-state index contributed by atoms with van der Waals surface area (Å²) in [5, 5.41) is 8.90. The number of nitrogens with one attached hydrogen (secondary N) is 1. The molecule has 0 saturated heterocycles. The zero-order valence-electron chi connectivity index (χ0n) is 11.4. The van der Waals surface area contributed by atoms with Crippen molar-refractivity contribution in [3.05, 3.63) is 23.8 Å². The topological polar surface area (TPSA) is 92.4 Å². The zero-order chi connectivity index (χ0) is 14.5. The monoisotopic (exact) mass is 286 g/mol. The molecule has 0 aliphatic rings. The maximum absolute atomic E-state index is 12.2. The molecule has 1 rings (SSSR count). The normalized spacial score (nSPS) is 13.4. The number of nitrogens with two attached hydrogens (primary N) is 1. The van der Waals surface area contributed by atoms with Crippen molar-refractivity contribution in [1.29, 1.82) is 0 Å². The van der Waals surface area contributed by atoms with E-state index in [0.717, 1.165) is 6.42 Å². The summed E-state index contributed by atoms with van der Waals surface area (Å²) in [5.41, 5.74) is 6.78. The van der Waals surface area contributed by atoms with E-state index < -0.39 is 10.0 Å². The first-order chi connectivity index (χ1) is 8.90. The SMILES string of the molecule is CCC(CCO)CNS(=O)(=O)c1ccc(N)cc1C. The van der Waals surface area contributed by atoms with Crippen LogP contribution in [0.3, 0.4) is 0 Å². The minimum Gasteiger partial charge on any atom is -0.399 e. The zero-order valence-corrected chi connectivity index (χ0v) is 12.2. The lowest BCUT2D eigenvalue weighted by Gasteiger charge is -2.15. The first kappa shape index (κ1) is 15.9. The smallest absolute Gasteiger partial charge is 0.240 e. The summed E-state index contributed by atoms with van der Waals surface area (Å²) in [6.45, 7) is 4.10. The van der Waals surface area contributed by atoms with E-state index in [9.17, 15) is 8.42 Å². The lowest BCUT2D eigenvalue weighted by atomic mass is 10.0. The van der Waals surface area contributed by atoms with Crippen molar-refractivity contribution in [2.45, 2.75) is 31.6 Å². The minimum atomic E-state index is -3.52. The van der Waals surface area contributed by atoms with E-state index in [2.05, 4.69) is 4.72 Å². The molecule has 0 radical (unpaired) electrons. The standard InChI is InChI=1S/C13H22N2O3S/c1-3-11(6-7-16)9-15-19(17,18)13-5-4-12(14)8-10(13)2/h4-5,8,11,15-16H,3,6-7,9,14H2,1-2H3. The Morgan fingerprint density at radius 3 is 2.63 bits per heavy atom. The number of anilines is 1. The molecular weight excluding hydrogens is 264 g/mol. The van der Waals surface area contributed by atoms with Gasteiger partial charge in [-0.25, -0.2) is 13.1 Å². The molecule has 1 unspecified atom stereocenters. The summed E-state index contributed by atoms with van der Waals surface area (Å²) >= 11 is 0. The Bertz CT molecular complexity index is 515. The van der Waals surface area contributed by atoms with E-state index >= 15 is 0 Å². The molecule has 19 heavy (non-hydrogen) atoms. The number of nitrogen functional groups attached to an aromatic ring is 1. The first-order valence-corrected chi connectivity index (χ1v) is 7.85. The number of aliphatic hydroxyl groups is 1. The van der Waals surface area contributed by atoms with E-state index in [0.29, 0.717) is 24.2 Å². The molecule has 1 atom stereocenters. The molecule has 4 N–H and O–H groups in total. The van der Waals surface area contributed by atoms with Crippen molar-refractivity contribution in [2.24, 2.45) is 5.92 Å². The summed E-state index contributed by atoms with van der Waals surface area (Å²) in [7, 11) is -3.52. The van der Waals surface area contributed by atoms with E-state index in [-0.39, 0.29) is 17.4 Å². The molecule has 108 valence electrons. The Balaban J connectivity index is 2.81. The van der Waals surface area contributed by atoms with Crippen molar-refractivity contribution >= 4 is 15.7 Å². The number of hydrogen-bond acceptors (Lipinski definition) is 4. The van der Waals surface area contributed by atoms with Crippen LogP contribution < -0.4 is 10.5 Å². The van der Waals surface area contributed by atoms with Gasteiger partial charge in [0.15, 0.2) is 0 Å². The van der Waals surface area contributed by atoms with Crippen molar-refractivity contribution < 1.29 is 13.5 Å². The Morgan fingerprint density at radius 1 is 1.42 bits per heavy atom. The second-order valence-electron chi connectivity index (χ2n) is 4.66. The van der Waals surface area contributed by atoms with Crippen molar-refractivity contribution in [3.63, 3.8) is 0 Å². The van der Waals surface area contributed by atoms with Crippen LogP contribution in [-0.4, -0.2) is 26.7 Å². The van der Waals surface area contributed by atoms with Gasteiger partial charge in [-0.2, -0.15) is 0 Å². The van der Waals surface area contributed by atoms with Gasteiger partial charge < -0.3 is 10.8 Å². The molecule has 6 heteroatoms. The van der Waals surface area contributed by atoms with Crippen molar-refractivity contribution in [3.8, 4) is 0 Å². The van der Waals surface area contributed by atoms with Gasteiger partial charge in [0.1, 0.15) is 0 Å². The number of benzene rings is 1. The van der Waals surface area contributed by atoms with Crippen molar-refractivity contribution in [2.75, 3.05) is 18.9 Å². The van der Waals surface area contributed by atoms with Crippen LogP contribution in [0.2, 0.25) is 0 Å². The third-order valence-electron chi connectivity index (χ3n) is 3.17. The van der Waals surface area contributed by atoms with Crippen LogP contribution in [0.15, 0.2) is 23.1 Å². The van der Waals surface area contributed by atoms with Gasteiger partial charge in [-0.3, -0.25) is 0 Å². The van der Waals surface area contributed by atoms with Gasteiger partial charge in [0.25, 0.3) is 0 Å². The van der Waals surface area contributed by atoms with Gasteiger partial charge in [0.05, 0.1) is 4.90 Å². The fourth-order valence-electron chi connectivity index (χ4n) is 1.91. The highest BCUT2D eigenvalue weighted by atomic mass is 32.2. The van der Waals surface area contributed by atoms with Crippen LogP contribution >= 0.6 is 0 Å². The summed E-state index contributed by atoms with van der Waals surface area (Å²) in [6.07, 6.45) is 1.42. The van der Waals surface area contributed by atoms with Crippen LogP contribution in [-0.2, 0) is 10.0 Å². The lowest BCUT2D eigenvalue weighted by Crippen LogP contribution is -2.30. The van der Waals surface area contributed by atoms with E-state index in [1.165, 1.54) is 6.07 Å². The Hall–Kier alpha value is -1.11. The highest BCUT2D eigenvalue weighted by molar-refractivity contribution is 7.89. The quantitative estimate of drug-likeness (QED) is 0.658. The average Bonchev–Trinajstić information content (AvgIpc) is 2.34. The molecule has 0 bridgehead atoms. The molecule has 1 aromatic carbocycles. The Labute approximate surface area is 114 Å². The molecular formula is C13H22N2O3S. The number of sulfonamides is 1. The van der Waals surface area contributed by atoms with Crippen LogP contribution in [0.1, 0.15) is 25.3 Å². The fraction of sp³-hybridized carbons (Fsp3) is 0.538. The highest BCUT2D eigenvalue weighted by Gasteiger charge is 2.18. The van der Waals surface area contributed by atoms with E-state index in [1.807, 2.05) is 6.92 Å². The number of rotatable bonds is 7. The second-order valence-corrected chi connectivity index (χ2v) is 6.40. The van der Waals surface area contributed by atoms with Gasteiger partial charge in [-0.1, -0.05) is 13.3 Å². The van der Waals surface area contributed by atoms with Gasteiger partial charge in [-0.15, -0.1) is 0 Å². The largest absolute Gasteiger partial charge is 0.399 e. The molecule has 0 fully saturated rings. The molecule has 0 amide bonds. The minimum absolute atomic E-state index is 0.0706. The summed E-state index contributed by atoms with van der Waals surface area (Å²) in [6, 6.07) is 4.73. The highest BCUT2D eigenvalue weighted by Crippen LogP contribution is 2.18. The van der Waals surface area contributed by atoms with E-state index in [4.69, 9.17) is 10.8 Å². The third kappa shape index (κ3) is 4.49. The van der Waals surface area contributed by atoms with Crippen LogP contribution in [0.25, 0.3) is 0 Å². The Kier molecular flexibility index (Phi) is 5.78.